The van der Waals surface area contributed by atoms with Crippen LogP contribution in [0.3, 0.4) is 0 Å². The van der Waals surface area contributed by atoms with Crippen LogP contribution in [-0.4, -0.2) is 34.2 Å². The van der Waals surface area contributed by atoms with Gasteiger partial charge >= 0.3 is 5.69 Å². The number of hydrogen-bond acceptors (Lipinski definition) is 5. The minimum atomic E-state index is -0.359. The molecule has 2 heterocycles. The van der Waals surface area contributed by atoms with Gasteiger partial charge in [-0.1, -0.05) is 0 Å². The lowest BCUT2D eigenvalue weighted by atomic mass is 9.99. The molecule has 0 radical (unpaired) electrons. The van der Waals surface area contributed by atoms with Crippen molar-refractivity contribution in [2.45, 2.75) is 38.6 Å². The van der Waals surface area contributed by atoms with Gasteiger partial charge in [-0.25, -0.2) is 4.98 Å². The largest absolute Gasteiger partial charge is 0.396 e. The molecule has 1 saturated heterocycles. The van der Waals surface area contributed by atoms with Crippen molar-refractivity contribution < 1.29 is 10.0 Å². The van der Waals surface area contributed by atoms with Crippen LogP contribution >= 0.6 is 0 Å². The number of aliphatic hydroxyl groups excluding tert-OH is 1. The van der Waals surface area contributed by atoms with E-state index in [0.717, 1.165) is 25.8 Å². The summed E-state index contributed by atoms with van der Waals surface area (Å²) in [6.45, 7) is 2.59. The zero-order valence-corrected chi connectivity index (χ0v) is 11.1. The van der Waals surface area contributed by atoms with E-state index >= 15 is 0 Å². The first-order chi connectivity index (χ1) is 9.15. The third kappa shape index (κ3) is 2.84. The number of nitro groups is 1. The number of aryl methyl sites for hydroxylation is 1. The van der Waals surface area contributed by atoms with E-state index in [1.807, 2.05) is 4.90 Å². The second-order valence-corrected chi connectivity index (χ2v) is 4.91. The minimum absolute atomic E-state index is 0.0901. The van der Waals surface area contributed by atoms with Crippen LogP contribution in [0.25, 0.3) is 0 Å². The van der Waals surface area contributed by atoms with Crippen molar-refractivity contribution in [2.75, 3.05) is 18.1 Å². The molecule has 1 N–H and O–H groups in total. The van der Waals surface area contributed by atoms with Gasteiger partial charge in [0.05, 0.1) is 4.92 Å². The van der Waals surface area contributed by atoms with Gasteiger partial charge in [-0.2, -0.15) is 0 Å². The van der Waals surface area contributed by atoms with Crippen molar-refractivity contribution >= 4 is 11.5 Å². The summed E-state index contributed by atoms with van der Waals surface area (Å²) in [5.41, 5.74) is 0.718. The van der Waals surface area contributed by atoms with Crippen molar-refractivity contribution in [3.05, 3.63) is 27.9 Å². The van der Waals surface area contributed by atoms with Gasteiger partial charge in [-0.15, -0.1) is 0 Å². The quantitative estimate of drug-likeness (QED) is 0.665. The minimum Gasteiger partial charge on any atom is -0.396 e. The number of hydrogen-bond donors (Lipinski definition) is 1. The molecule has 6 nitrogen and oxygen atoms in total. The Balaban J connectivity index is 2.38. The highest BCUT2D eigenvalue weighted by molar-refractivity contribution is 5.62. The molecule has 0 aromatic carbocycles. The summed E-state index contributed by atoms with van der Waals surface area (Å²) in [7, 11) is 0. The third-order valence-electron chi connectivity index (χ3n) is 3.65. The molecule has 19 heavy (non-hydrogen) atoms. The van der Waals surface area contributed by atoms with E-state index in [2.05, 4.69) is 4.98 Å². The van der Waals surface area contributed by atoms with Crippen LogP contribution in [-0.2, 0) is 0 Å². The molecule has 1 fully saturated rings. The van der Waals surface area contributed by atoms with Crippen molar-refractivity contribution in [3.63, 3.8) is 0 Å². The van der Waals surface area contributed by atoms with Crippen LogP contribution in [0, 0.1) is 17.0 Å². The van der Waals surface area contributed by atoms with Crippen LogP contribution < -0.4 is 4.90 Å². The Morgan fingerprint density at radius 2 is 2.37 bits per heavy atom. The van der Waals surface area contributed by atoms with Crippen LogP contribution in [0.4, 0.5) is 11.5 Å². The second-order valence-electron chi connectivity index (χ2n) is 4.91. The fraction of sp³-hybridized carbons (Fsp3) is 0.615. The molecule has 1 unspecified atom stereocenters. The van der Waals surface area contributed by atoms with Crippen LogP contribution in [0.1, 0.15) is 31.2 Å². The zero-order valence-electron chi connectivity index (χ0n) is 11.1. The molecule has 0 saturated carbocycles. The fourth-order valence-electron chi connectivity index (χ4n) is 2.70. The fourth-order valence-corrected chi connectivity index (χ4v) is 2.70. The lowest BCUT2D eigenvalue weighted by Gasteiger charge is -2.36. The maximum absolute atomic E-state index is 11.2. The number of pyridine rings is 1. The molecule has 0 amide bonds. The van der Waals surface area contributed by atoms with Crippen molar-refractivity contribution in [3.8, 4) is 0 Å². The molecule has 1 aliphatic rings. The zero-order chi connectivity index (χ0) is 13.8. The van der Waals surface area contributed by atoms with Crippen LogP contribution in [0.5, 0.6) is 0 Å². The van der Waals surface area contributed by atoms with Gasteiger partial charge in [-0.05, 0) is 38.7 Å². The van der Waals surface area contributed by atoms with Gasteiger partial charge < -0.3 is 10.0 Å². The molecule has 6 heteroatoms. The van der Waals surface area contributed by atoms with Crippen LogP contribution in [0.2, 0.25) is 0 Å². The summed E-state index contributed by atoms with van der Waals surface area (Å²) in [5.74, 6) is 0.447. The Bertz CT molecular complexity index is 462. The summed E-state index contributed by atoms with van der Waals surface area (Å²) >= 11 is 0. The number of anilines is 1. The van der Waals surface area contributed by atoms with E-state index < -0.39 is 0 Å². The highest BCUT2D eigenvalue weighted by Gasteiger charge is 2.30. The standard InChI is InChI=1S/C13H19N3O3/c1-10-5-7-14-13(12(10)16(18)19)15-8-3-2-4-11(15)6-9-17/h5,7,11,17H,2-4,6,8-9H2,1H3. The van der Waals surface area contributed by atoms with Crippen molar-refractivity contribution in [2.24, 2.45) is 0 Å². The Kier molecular flexibility index (Phi) is 4.31. The highest BCUT2D eigenvalue weighted by atomic mass is 16.6. The van der Waals surface area contributed by atoms with Gasteiger partial charge in [0.15, 0.2) is 0 Å². The normalized spacial score (nSPS) is 19.5. The molecule has 1 aromatic heterocycles. The molecule has 0 aliphatic carbocycles. The Morgan fingerprint density at radius 3 is 3.05 bits per heavy atom. The van der Waals surface area contributed by atoms with Crippen LogP contribution in [0.15, 0.2) is 12.3 Å². The molecule has 1 aromatic rings. The van der Waals surface area contributed by atoms with E-state index in [-0.39, 0.29) is 23.3 Å². The van der Waals surface area contributed by atoms with E-state index in [0.29, 0.717) is 17.8 Å². The summed E-state index contributed by atoms with van der Waals surface area (Å²) in [5, 5.41) is 20.4. The smallest absolute Gasteiger partial charge is 0.314 e. The first-order valence-corrected chi connectivity index (χ1v) is 6.62. The molecule has 2 rings (SSSR count). The Labute approximate surface area is 112 Å². The van der Waals surface area contributed by atoms with E-state index in [1.54, 1.807) is 19.2 Å². The number of aliphatic hydroxyl groups is 1. The van der Waals surface area contributed by atoms with Crippen molar-refractivity contribution in [1.82, 2.24) is 4.98 Å². The Hall–Kier alpha value is -1.69. The van der Waals surface area contributed by atoms with Gasteiger partial charge in [0.1, 0.15) is 0 Å². The topological polar surface area (TPSA) is 79.5 Å². The third-order valence-corrected chi connectivity index (χ3v) is 3.65. The molecule has 0 bridgehead atoms. The van der Waals surface area contributed by atoms with Gasteiger partial charge in [0.2, 0.25) is 5.82 Å². The SMILES string of the molecule is Cc1ccnc(N2CCCCC2CCO)c1[N+](=O)[O-]. The highest BCUT2D eigenvalue weighted by Crippen LogP contribution is 2.33. The number of nitrogens with zero attached hydrogens (tertiary/aromatic N) is 3. The predicted molar refractivity (Wildman–Crippen MR) is 72.3 cm³/mol. The lowest BCUT2D eigenvalue weighted by molar-refractivity contribution is -0.385. The predicted octanol–water partition coefficient (Wildman–Crippen LogP) is 2.04. The number of rotatable bonds is 4. The molecule has 0 spiro atoms. The Morgan fingerprint density at radius 1 is 1.58 bits per heavy atom. The summed E-state index contributed by atoms with van der Waals surface area (Å²) in [4.78, 5) is 17.1. The van der Waals surface area contributed by atoms with Gasteiger partial charge in [0, 0.05) is 31.0 Å². The summed E-state index contributed by atoms with van der Waals surface area (Å²) < 4.78 is 0. The first-order valence-electron chi connectivity index (χ1n) is 6.62. The second kappa shape index (κ2) is 5.97. The molecule has 1 aliphatic heterocycles. The molecular weight excluding hydrogens is 246 g/mol. The monoisotopic (exact) mass is 265 g/mol. The van der Waals surface area contributed by atoms with E-state index in [1.165, 1.54) is 0 Å². The lowest BCUT2D eigenvalue weighted by Crippen LogP contribution is -2.41. The average molecular weight is 265 g/mol. The maximum atomic E-state index is 11.2. The number of piperidine rings is 1. The van der Waals surface area contributed by atoms with Gasteiger partial charge in [-0.3, -0.25) is 10.1 Å². The number of aromatic nitrogens is 1. The molecule has 1 atom stereocenters. The van der Waals surface area contributed by atoms with E-state index in [9.17, 15) is 10.1 Å². The summed E-state index contributed by atoms with van der Waals surface area (Å²) in [6, 6.07) is 1.80. The first kappa shape index (κ1) is 13.7. The molecule has 104 valence electrons. The van der Waals surface area contributed by atoms with Crippen molar-refractivity contribution in [1.29, 1.82) is 0 Å². The van der Waals surface area contributed by atoms with E-state index in [4.69, 9.17) is 5.11 Å². The van der Waals surface area contributed by atoms with Gasteiger partial charge in [0.25, 0.3) is 0 Å². The maximum Gasteiger partial charge on any atom is 0.314 e. The summed E-state index contributed by atoms with van der Waals surface area (Å²) in [6.07, 6.45) is 5.30. The average Bonchev–Trinajstić information content (AvgIpc) is 2.39. The molecular formula is C13H19N3O3.